The predicted octanol–water partition coefficient (Wildman–Crippen LogP) is 2.64. The quantitative estimate of drug-likeness (QED) is 0.605. The summed E-state index contributed by atoms with van der Waals surface area (Å²) in [6.45, 7) is 7.25. The Bertz CT molecular complexity index is 635. The van der Waals surface area contributed by atoms with Crippen molar-refractivity contribution in [3.63, 3.8) is 0 Å². The Morgan fingerprint density at radius 2 is 2.22 bits per heavy atom. The zero-order chi connectivity index (χ0) is 16.5. The van der Waals surface area contributed by atoms with Gasteiger partial charge in [0.1, 0.15) is 0 Å². The van der Waals surface area contributed by atoms with Crippen LogP contribution in [0, 0.1) is 6.92 Å². The van der Waals surface area contributed by atoms with Crippen LogP contribution in [-0.2, 0) is 13.0 Å². The van der Waals surface area contributed by atoms with Gasteiger partial charge in [-0.25, -0.2) is 0 Å². The van der Waals surface area contributed by atoms with Crippen LogP contribution in [0.4, 0.5) is 0 Å². The minimum Gasteiger partial charge on any atom is -0.357 e. The van der Waals surface area contributed by atoms with Crippen molar-refractivity contribution in [3.8, 4) is 0 Å². The molecule has 0 atom stereocenters. The summed E-state index contributed by atoms with van der Waals surface area (Å²) >= 11 is 6.00. The van der Waals surface area contributed by atoms with Crippen molar-refractivity contribution in [1.29, 1.82) is 0 Å². The van der Waals surface area contributed by atoms with E-state index in [1.807, 2.05) is 42.2 Å². The molecule has 0 unspecified atom stereocenters. The van der Waals surface area contributed by atoms with Crippen molar-refractivity contribution < 1.29 is 0 Å². The molecule has 2 N–H and O–H groups in total. The number of aromatic nitrogens is 2. The SMILES string of the molecule is CCNC(=NCCc1cccc(Cl)c1)NCCn1cc(C)cn1. The van der Waals surface area contributed by atoms with Gasteiger partial charge in [0.2, 0.25) is 0 Å². The molecule has 5 nitrogen and oxygen atoms in total. The molecular formula is C17H24ClN5. The largest absolute Gasteiger partial charge is 0.357 e. The lowest BCUT2D eigenvalue weighted by Crippen LogP contribution is -2.39. The van der Waals surface area contributed by atoms with E-state index >= 15 is 0 Å². The maximum atomic E-state index is 6.00. The van der Waals surface area contributed by atoms with Gasteiger partial charge in [0.25, 0.3) is 0 Å². The van der Waals surface area contributed by atoms with E-state index in [0.29, 0.717) is 0 Å². The van der Waals surface area contributed by atoms with E-state index in [1.165, 1.54) is 11.1 Å². The number of hydrogen-bond donors (Lipinski definition) is 2. The summed E-state index contributed by atoms with van der Waals surface area (Å²) in [6.07, 6.45) is 4.77. The number of hydrogen-bond acceptors (Lipinski definition) is 2. The normalized spacial score (nSPS) is 11.5. The van der Waals surface area contributed by atoms with Gasteiger partial charge in [-0.15, -0.1) is 0 Å². The molecule has 0 fully saturated rings. The summed E-state index contributed by atoms with van der Waals surface area (Å²) in [4.78, 5) is 4.60. The zero-order valence-electron chi connectivity index (χ0n) is 13.7. The highest BCUT2D eigenvalue weighted by Crippen LogP contribution is 2.10. The Hall–Kier alpha value is -2.01. The Morgan fingerprint density at radius 3 is 2.91 bits per heavy atom. The van der Waals surface area contributed by atoms with Crippen LogP contribution >= 0.6 is 11.6 Å². The first-order chi connectivity index (χ1) is 11.2. The molecule has 1 heterocycles. The fourth-order valence-electron chi connectivity index (χ4n) is 2.21. The van der Waals surface area contributed by atoms with Gasteiger partial charge in [-0.05, 0) is 43.5 Å². The van der Waals surface area contributed by atoms with Crippen LogP contribution in [0.1, 0.15) is 18.1 Å². The first kappa shape index (κ1) is 17.3. The van der Waals surface area contributed by atoms with Gasteiger partial charge < -0.3 is 10.6 Å². The van der Waals surface area contributed by atoms with Crippen LogP contribution in [0.3, 0.4) is 0 Å². The topological polar surface area (TPSA) is 54.2 Å². The summed E-state index contributed by atoms with van der Waals surface area (Å²) in [6, 6.07) is 7.91. The van der Waals surface area contributed by atoms with Crippen molar-refractivity contribution in [2.24, 2.45) is 4.99 Å². The predicted molar refractivity (Wildman–Crippen MR) is 96.1 cm³/mol. The molecule has 6 heteroatoms. The van der Waals surface area contributed by atoms with Gasteiger partial charge in [-0.1, -0.05) is 23.7 Å². The van der Waals surface area contributed by atoms with Crippen LogP contribution in [0.2, 0.25) is 5.02 Å². The number of nitrogens with one attached hydrogen (secondary N) is 2. The second-order valence-corrected chi connectivity index (χ2v) is 5.78. The van der Waals surface area contributed by atoms with Gasteiger partial charge in [-0.2, -0.15) is 5.10 Å². The van der Waals surface area contributed by atoms with E-state index in [0.717, 1.165) is 43.6 Å². The third kappa shape index (κ3) is 6.32. The third-order valence-electron chi connectivity index (χ3n) is 3.30. The van der Waals surface area contributed by atoms with Crippen LogP contribution in [0.5, 0.6) is 0 Å². The molecule has 0 saturated heterocycles. The maximum Gasteiger partial charge on any atom is 0.191 e. The maximum absolute atomic E-state index is 6.00. The average molecular weight is 334 g/mol. The molecule has 2 aromatic rings. The first-order valence-corrected chi connectivity index (χ1v) is 8.31. The van der Waals surface area contributed by atoms with Gasteiger partial charge in [-0.3, -0.25) is 9.67 Å². The molecular weight excluding hydrogens is 310 g/mol. The summed E-state index contributed by atoms with van der Waals surface area (Å²) in [7, 11) is 0. The smallest absolute Gasteiger partial charge is 0.191 e. The number of aryl methyl sites for hydroxylation is 1. The van der Waals surface area contributed by atoms with E-state index in [1.54, 1.807) is 0 Å². The fraction of sp³-hybridized carbons (Fsp3) is 0.412. The molecule has 23 heavy (non-hydrogen) atoms. The standard InChI is InChI=1S/C17H24ClN5/c1-3-19-17(21-9-10-23-13-14(2)12-22-23)20-8-7-15-5-4-6-16(18)11-15/h4-6,11-13H,3,7-10H2,1-2H3,(H2,19,20,21). The number of guanidine groups is 1. The van der Waals surface area contributed by atoms with E-state index in [9.17, 15) is 0 Å². The molecule has 0 aliphatic rings. The van der Waals surface area contributed by atoms with Gasteiger partial charge in [0.05, 0.1) is 12.7 Å². The Kier molecular flexibility index (Phi) is 6.94. The van der Waals surface area contributed by atoms with Crippen LogP contribution in [0.15, 0.2) is 41.7 Å². The minimum atomic E-state index is 0.719. The number of rotatable bonds is 7. The second kappa shape index (κ2) is 9.20. The van der Waals surface area contributed by atoms with Crippen molar-refractivity contribution in [2.75, 3.05) is 19.6 Å². The molecule has 0 spiro atoms. The lowest BCUT2D eigenvalue weighted by atomic mass is 10.1. The van der Waals surface area contributed by atoms with E-state index in [4.69, 9.17) is 11.6 Å². The molecule has 1 aromatic heterocycles. The molecule has 0 saturated carbocycles. The highest BCUT2D eigenvalue weighted by atomic mass is 35.5. The molecule has 0 amide bonds. The zero-order valence-corrected chi connectivity index (χ0v) is 14.5. The molecule has 0 aliphatic heterocycles. The van der Waals surface area contributed by atoms with Crippen LogP contribution in [-0.4, -0.2) is 35.4 Å². The van der Waals surface area contributed by atoms with Crippen LogP contribution < -0.4 is 10.6 Å². The first-order valence-electron chi connectivity index (χ1n) is 7.93. The van der Waals surface area contributed by atoms with E-state index in [2.05, 4.69) is 33.7 Å². The Labute approximate surface area is 142 Å². The average Bonchev–Trinajstić information content (AvgIpc) is 2.93. The van der Waals surface area contributed by atoms with Crippen molar-refractivity contribution in [3.05, 3.63) is 52.8 Å². The summed E-state index contributed by atoms with van der Waals surface area (Å²) in [5.74, 6) is 0.832. The van der Waals surface area contributed by atoms with Gasteiger partial charge in [0, 0.05) is 30.9 Å². The second-order valence-electron chi connectivity index (χ2n) is 5.35. The van der Waals surface area contributed by atoms with Crippen molar-refractivity contribution in [2.45, 2.75) is 26.8 Å². The monoisotopic (exact) mass is 333 g/mol. The molecule has 0 aliphatic carbocycles. The number of halogens is 1. The molecule has 124 valence electrons. The fourth-order valence-corrected chi connectivity index (χ4v) is 2.42. The molecule has 0 bridgehead atoms. The van der Waals surface area contributed by atoms with Gasteiger partial charge in [0.15, 0.2) is 5.96 Å². The number of nitrogens with zero attached hydrogens (tertiary/aromatic N) is 3. The highest BCUT2D eigenvalue weighted by Gasteiger charge is 1.99. The lowest BCUT2D eigenvalue weighted by molar-refractivity contribution is 0.597. The van der Waals surface area contributed by atoms with E-state index in [-0.39, 0.29) is 0 Å². The summed E-state index contributed by atoms with van der Waals surface area (Å²) in [5, 5.41) is 11.6. The van der Waals surface area contributed by atoms with Crippen molar-refractivity contribution >= 4 is 17.6 Å². The number of benzene rings is 1. The highest BCUT2D eigenvalue weighted by molar-refractivity contribution is 6.30. The Balaban J connectivity index is 1.79. The van der Waals surface area contributed by atoms with Gasteiger partial charge >= 0.3 is 0 Å². The minimum absolute atomic E-state index is 0.719. The third-order valence-corrected chi connectivity index (χ3v) is 3.53. The number of aliphatic imine (C=N–C) groups is 1. The Morgan fingerprint density at radius 1 is 1.35 bits per heavy atom. The molecule has 0 radical (unpaired) electrons. The van der Waals surface area contributed by atoms with Crippen LogP contribution in [0.25, 0.3) is 0 Å². The molecule has 2 rings (SSSR count). The lowest BCUT2D eigenvalue weighted by Gasteiger charge is -2.11. The summed E-state index contributed by atoms with van der Waals surface area (Å²) in [5.41, 5.74) is 2.37. The van der Waals surface area contributed by atoms with Crippen molar-refractivity contribution in [1.82, 2.24) is 20.4 Å². The summed E-state index contributed by atoms with van der Waals surface area (Å²) < 4.78 is 1.93. The van der Waals surface area contributed by atoms with E-state index < -0.39 is 0 Å². The molecule has 1 aromatic carbocycles.